The van der Waals surface area contributed by atoms with Crippen molar-refractivity contribution in [1.29, 1.82) is 0 Å². The highest BCUT2D eigenvalue weighted by Gasteiger charge is 2.33. The lowest BCUT2D eigenvalue weighted by Gasteiger charge is -2.17. The number of carbonyl (C=O) groups excluding carboxylic acids is 2. The molecule has 1 unspecified atom stereocenters. The molecule has 0 aliphatic carbocycles. The molecule has 0 bridgehead atoms. The highest BCUT2D eigenvalue weighted by atomic mass is 16.5. The first-order valence-corrected chi connectivity index (χ1v) is 9.54. The molecule has 164 valence electrons. The molecule has 1 amide bonds. The van der Waals surface area contributed by atoms with Crippen LogP contribution in [0.25, 0.3) is 11.3 Å². The molecule has 9 nitrogen and oxygen atoms in total. The maximum absolute atomic E-state index is 12.6. The maximum Gasteiger partial charge on any atom is 0.338 e. The fourth-order valence-electron chi connectivity index (χ4n) is 3.39. The van der Waals surface area contributed by atoms with Gasteiger partial charge in [0.1, 0.15) is 6.10 Å². The van der Waals surface area contributed by atoms with Gasteiger partial charge in [0.2, 0.25) is 5.75 Å². The molecular weight excluding hydrogens is 404 g/mol. The van der Waals surface area contributed by atoms with Crippen LogP contribution in [0.1, 0.15) is 36.0 Å². The van der Waals surface area contributed by atoms with Crippen LogP contribution >= 0.6 is 0 Å². The smallest absolute Gasteiger partial charge is 0.338 e. The normalized spacial score (nSPS) is 15.5. The zero-order valence-electron chi connectivity index (χ0n) is 17.9. The van der Waals surface area contributed by atoms with Crippen molar-refractivity contribution in [3.8, 4) is 28.5 Å². The van der Waals surface area contributed by atoms with Gasteiger partial charge in [0.15, 0.2) is 11.5 Å². The van der Waals surface area contributed by atoms with E-state index in [0.29, 0.717) is 28.5 Å². The molecule has 1 atom stereocenters. The second-order valence-corrected chi connectivity index (χ2v) is 6.66. The predicted octanol–water partition coefficient (Wildman–Crippen LogP) is 2.39. The third kappa shape index (κ3) is 4.04. The van der Waals surface area contributed by atoms with Crippen LogP contribution in [0.15, 0.2) is 35.5 Å². The molecule has 0 saturated carbocycles. The van der Waals surface area contributed by atoms with E-state index in [2.05, 4.69) is 10.3 Å². The number of aromatic nitrogens is 1. The molecule has 9 heteroatoms. The molecule has 0 spiro atoms. The number of carbonyl (C=O) groups is 2. The first-order chi connectivity index (χ1) is 14.9. The molecular formula is C22H24N2O7. The number of hydrogen-bond acceptors (Lipinski definition) is 8. The number of hydrogen-bond donors (Lipinski definition) is 2. The Bertz CT molecular complexity index is 1040. The number of amides is 1. The van der Waals surface area contributed by atoms with E-state index in [9.17, 15) is 14.7 Å². The zero-order chi connectivity index (χ0) is 22.7. The van der Waals surface area contributed by atoms with Crippen LogP contribution in [0.5, 0.6) is 17.2 Å². The average molecular weight is 428 g/mol. The summed E-state index contributed by atoms with van der Waals surface area (Å²) in [6.07, 6.45) is -1.45. The van der Waals surface area contributed by atoms with Crippen molar-refractivity contribution in [3.63, 3.8) is 0 Å². The Morgan fingerprint density at radius 2 is 1.77 bits per heavy atom. The van der Waals surface area contributed by atoms with Crippen molar-refractivity contribution >= 4 is 11.9 Å². The molecule has 2 heterocycles. The molecule has 31 heavy (non-hydrogen) atoms. The van der Waals surface area contributed by atoms with Gasteiger partial charge in [-0.25, -0.2) is 9.78 Å². The van der Waals surface area contributed by atoms with Gasteiger partial charge in [-0.1, -0.05) is 0 Å². The van der Waals surface area contributed by atoms with E-state index >= 15 is 0 Å². The SMILES string of the molecule is CCOC(=O)C1=C(C)NC(=O)c2ccc(-c3cc(OC)c(OC)c(OC)c3)nc2C1O. The van der Waals surface area contributed by atoms with E-state index in [0.717, 1.165) is 0 Å². The van der Waals surface area contributed by atoms with Crippen LogP contribution in [-0.4, -0.2) is 49.9 Å². The summed E-state index contributed by atoms with van der Waals surface area (Å²) >= 11 is 0. The molecule has 1 aromatic carbocycles. The number of fused-ring (bicyclic) bond motifs is 1. The summed E-state index contributed by atoms with van der Waals surface area (Å²) in [7, 11) is 4.50. The monoisotopic (exact) mass is 428 g/mol. The minimum absolute atomic E-state index is 0.0451. The Kier molecular flexibility index (Phi) is 6.45. The molecule has 0 radical (unpaired) electrons. The van der Waals surface area contributed by atoms with Gasteiger partial charge in [0.05, 0.1) is 50.5 Å². The van der Waals surface area contributed by atoms with Gasteiger partial charge in [-0.3, -0.25) is 4.79 Å². The highest BCUT2D eigenvalue weighted by Crippen LogP contribution is 2.41. The molecule has 2 N–H and O–H groups in total. The summed E-state index contributed by atoms with van der Waals surface area (Å²) in [6, 6.07) is 6.58. The standard InChI is InChI=1S/C22H24N2O7/c1-6-31-22(27)17-11(2)23-21(26)13-7-8-14(24-18(13)19(17)25)12-9-15(28-3)20(30-5)16(10-12)29-4/h7-10,19,25H,6H2,1-5H3,(H,23,26). The van der Waals surface area contributed by atoms with Crippen LogP contribution in [-0.2, 0) is 9.53 Å². The first kappa shape index (κ1) is 22.1. The predicted molar refractivity (Wildman–Crippen MR) is 111 cm³/mol. The molecule has 1 aliphatic heterocycles. The van der Waals surface area contributed by atoms with Crippen LogP contribution in [0.3, 0.4) is 0 Å². The van der Waals surface area contributed by atoms with Crippen molar-refractivity contribution in [2.45, 2.75) is 20.0 Å². The summed E-state index contributed by atoms with van der Waals surface area (Å²) in [5, 5.41) is 13.6. The molecule has 2 aromatic rings. The summed E-state index contributed by atoms with van der Waals surface area (Å²) < 4.78 is 21.2. The largest absolute Gasteiger partial charge is 0.493 e. The molecule has 0 saturated heterocycles. The Morgan fingerprint density at radius 1 is 1.13 bits per heavy atom. The fourth-order valence-corrected chi connectivity index (χ4v) is 3.39. The van der Waals surface area contributed by atoms with E-state index in [1.165, 1.54) is 28.3 Å². The van der Waals surface area contributed by atoms with Gasteiger partial charge in [-0.2, -0.15) is 0 Å². The lowest BCUT2D eigenvalue weighted by atomic mass is 10.0. The van der Waals surface area contributed by atoms with E-state index in [1.54, 1.807) is 31.2 Å². The number of esters is 1. The third-order valence-corrected chi connectivity index (χ3v) is 4.86. The average Bonchev–Trinajstić information content (AvgIpc) is 2.86. The van der Waals surface area contributed by atoms with Crippen LogP contribution in [0.4, 0.5) is 0 Å². The zero-order valence-corrected chi connectivity index (χ0v) is 17.9. The highest BCUT2D eigenvalue weighted by molar-refractivity contribution is 6.01. The summed E-state index contributed by atoms with van der Waals surface area (Å²) in [4.78, 5) is 29.5. The van der Waals surface area contributed by atoms with Crippen molar-refractivity contribution < 1.29 is 33.6 Å². The van der Waals surface area contributed by atoms with Crippen molar-refractivity contribution in [2.24, 2.45) is 0 Å². The molecule has 1 aromatic heterocycles. The van der Waals surface area contributed by atoms with E-state index < -0.39 is 18.0 Å². The number of methoxy groups -OCH3 is 3. The number of rotatable bonds is 6. The van der Waals surface area contributed by atoms with Crippen LogP contribution in [0, 0.1) is 0 Å². The fraction of sp³-hybridized carbons (Fsp3) is 0.318. The number of pyridine rings is 1. The lowest BCUT2D eigenvalue weighted by molar-refractivity contribution is -0.139. The number of nitrogens with zero attached hydrogens (tertiary/aromatic N) is 1. The van der Waals surface area contributed by atoms with Crippen molar-refractivity contribution in [1.82, 2.24) is 10.3 Å². The van der Waals surface area contributed by atoms with Gasteiger partial charge in [-0.15, -0.1) is 0 Å². The number of aliphatic hydroxyl groups excluding tert-OH is 1. The van der Waals surface area contributed by atoms with E-state index in [-0.39, 0.29) is 29.1 Å². The number of benzene rings is 1. The number of aliphatic hydroxyl groups is 1. The molecule has 0 fully saturated rings. The Morgan fingerprint density at radius 3 is 2.32 bits per heavy atom. The van der Waals surface area contributed by atoms with Gasteiger partial charge in [0, 0.05) is 11.3 Å². The Balaban J connectivity index is 2.16. The lowest BCUT2D eigenvalue weighted by Crippen LogP contribution is -2.23. The Hall–Kier alpha value is -3.59. The maximum atomic E-state index is 12.6. The van der Waals surface area contributed by atoms with Gasteiger partial charge >= 0.3 is 5.97 Å². The van der Waals surface area contributed by atoms with Crippen molar-refractivity contribution in [3.05, 3.63) is 46.8 Å². The topological polar surface area (TPSA) is 116 Å². The quantitative estimate of drug-likeness (QED) is 0.674. The third-order valence-electron chi connectivity index (χ3n) is 4.86. The summed E-state index contributed by atoms with van der Waals surface area (Å²) in [5.41, 5.74) is 1.39. The van der Waals surface area contributed by atoms with E-state index in [1.807, 2.05) is 0 Å². The van der Waals surface area contributed by atoms with Crippen molar-refractivity contribution in [2.75, 3.05) is 27.9 Å². The second-order valence-electron chi connectivity index (χ2n) is 6.66. The van der Waals surface area contributed by atoms with E-state index in [4.69, 9.17) is 18.9 Å². The number of ether oxygens (including phenoxy) is 4. The van der Waals surface area contributed by atoms with Gasteiger partial charge in [-0.05, 0) is 38.1 Å². The second kappa shape index (κ2) is 9.05. The number of nitrogens with one attached hydrogen (secondary N) is 1. The Labute approximate surface area is 179 Å². The van der Waals surface area contributed by atoms with Gasteiger partial charge in [0.25, 0.3) is 5.91 Å². The summed E-state index contributed by atoms with van der Waals surface area (Å²) in [5.74, 6) is 0.0752. The first-order valence-electron chi connectivity index (χ1n) is 9.54. The van der Waals surface area contributed by atoms with Crippen LogP contribution < -0.4 is 19.5 Å². The minimum atomic E-state index is -1.45. The van der Waals surface area contributed by atoms with Gasteiger partial charge < -0.3 is 29.4 Å². The number of allylic oxidation sites excluding steroid dienone is 1. The minimum Gasteiger partial charge on any atom is -0.493 e. The molecule has 1 aliphatic rings. The molecule has 3 rings (SSSR count). The van der Waals surface area contributed by atoms with Crippen LogP contribution in [0.2, 0.25) is 0 Å². The summed E-state index contributed by atoms with van der Waals surface area (Å²) in [6.45, 7) is 3.31.